The van der Waals surface area contributed by atoms with E-state index in [4.69, 9.17) is 12.2 Å². The van der Waals surface area contributed by atoms with E-state index in [-0.39, 0.29) is 18.4 Å². The molecule has 0 saturated heterocycles. The Morgan fingerprint density at radius 3 is 2.13 bits per heavy atom. The zero-order valence-electron chi connectivity index (χ0n) is 17.2. The second-order valence-electron chi connectivity index (χ2n) is 7.58. The molecule has 0 aliphatic carbocycles. The van der Waals surface area contributed by atoms with E-state index in [9.17, 15) is 9.59 Å². The molecule has 0 aliphatic rings. The van der Waals surface area contributed by atoms with Crippen LogP contribution >= 0.6 is 12.2 Å². The minimum Gasteiger partial charge on any atom is -0.326 e. The lowest BCUT2D eigenvalue weighted by Crippen LogP contribution is -2.19. The fourth-order valence-corrected chi connectivity index (χ4v) is 3.15. The molecule has 0 aliphatic heterocycles. The molecular weight excluding hydrogens is 398 g/mol. The summed E-state index contributed by atoms with van der Waals surface area (Å²) >= 11 is 5.29. The summed E-state index contributed by atoms with van der Waals surface area (Å²) in [6, 6.07) is 14.9. The van der Waals surface area contributed by atoms with Crippen molar-refractivity contribution in [3.05, 3.63) is 58.9 Å². The summed E-state index contributed by atoms with van der Waals surface area (Å²) in [5.41, 5.74) is 3.34. The van der Waals surface area contributed by atoms with E-state index in [1.165, 1.54) is 0 Å². The van der Waals surface area contributed by atoms with Crippen molar-refractivity contribution in [1.82, 2.24) is 14.8 Å². The fraction of sp³-hybridized carbons (Fsp3) is 0.273. The predicted octanol–water partition coefficient (Wildman–Crippen LogP) is 4.54. The van der Waals surface area contributed by atoms with E-state index in [1.807, 2.05) is 45.0 Å². The molecule has 0 unspecified atom stereocenters. The van der Waals surface area contributed by atoms with Gasteiger partial charge in [-0.1, -0.05) is 43.7 Å². The molecule has 2 aromatic carbocycles. The summed E-state index contributed by atoms with van der Waals surface area (Å²) in [6.07, 6.45) is 0.465. The van der Waals surface area contributed by atoms with Crippen molar-refractivity contribution >= 4 is 35.4 Å². The zero-order chi connectivity index (χ0) is 21.7. The van der Waals surface area contributed by atoms with Gasteiger partial charge in [0.1, 0.15) is 6.54 Å². The van der Waals surface area contributed by atoms with Crippen molar-refractivity contribution < 1.29 is 9.59 Å². The van der Waals surface area contributed by atoms with Crippen LogP contribution in [-0.2, 0) is 16.1 Å². The number of aromatic amines is 1. The lowest BCUT2D eigenvalue weighted by atomic mass is 10.1. The van der Waals surface area contributed by atoms with Crippen molar-refractivity contribution in [3.8, 4) is 11.4 Å². The Hall–Kier alpha value is -3.26. The topological polar surface area (TPSA) is 91.8 Å². The summed E-state index contributed by atoms with van der Waals surface area (Å²) < 4.78 is 2.04. The van der Waals surface area contributed by atoms with Crippen LogP contribution in [0.3, 0.4) is 0 Å². The number of hydrogen-bond donors (Lipinski definition) is 3. The molecule has 0 spiro atoms. The summed E-state index contributed by atoms with van der Waals surface area (Å²) in [6.45, 7) is 6.03. The third-order valence-electron chi connectivity index (χ3n) is 4.42. The number of anilines is 2. The van der Waals surface area contributed by atoms with Crippen molar-refractivity contribution in [2.45, 2.75) is 33.7 Å². The molecule has 1 heterocycles. The van der Waals surface area contributed by atoms with Gasteiger partial charge in [0.25, 0.3) is 0 Å². The van der Waals surface area contributed by atoms with Gasteiger partial charge in [-0.05, 0) is 49.3 Å². The normalized spacial score (nSPS) is 10.8. The summed E-state index contributed by atoms with van der Waals surface area (Å²) in [7, 11) is 0. The second kappa shape index (κ2) is 9.49. The number of amides is 2. The van der Waals surface area contributed by atoms with E-state index in [0.29, 0.717) is 34.3 Å². The first-order valence-corrected chi connectivity index (χ1v) is 10.1. The molecular formula is C22H25N5O2S. The number of carbonyl (C=O) groups excluding carboxylic acids is 2. The largest absolute Gasteiger partial charge is 0.326 e. The van der Waals surface area contributed by atoms with E-state index in [0.717, 1.165) is 11.1 Å². The number of nitrogens with one attached hydrogen (secondary N) is 3. The number of aromatic nitrogens is 3. The highest BCUT2D eigenvalue weighted by Gasteiger charge is 2.13. The molecule has 7 nitrogen and oxygen atoms in total. The quantitative estimate of drug-likeness (QED) is 0.487. The number of hydrogen-bond acceptors (Lipinski definition) is 4. The Balaban J connectivity index is 1.65. The number of carbonyl (C=O) groups is 2. The molecule has 3 N–H and O–H groups in total. The van der Waals surface area contributed by atoms with E-state index >= 15 is 0 Å². The van der Waals surface area contributed by atoms with Crippen LogP contribution in [0, 0.1) is 17.6 Å². The first kappa shape index (κ1) is 21.4. The Labute approximate surface area is 180 Å². The van der Waals surface area contributed by atoms with Crippen LogP contribution < -0.4 is 10.6 Å². The summed E-state index contributed by atoms with van der Waals surface area (Å²) in [5.74, 6) is 0.652. The average molecular weight is 424 g/mol. The van der Waals surface area contributed by atoms with Crippen LogP contribution in [0.2, 0.25) is 0 Å². The van der Waals surface area contributed by atoms with Crippen molar-refractivity contribution in [3.63, 3.8) is 0 Å². The average Bonchev–Trinajstić information content (AvgIpc) is 3.04. The van der Waals surface area contributed by atoms with Crippen LogP contribution in [0.1, 0.15) is 25.8 Å². The highest BCUT2D eigenvalue weighted by atomic mass is 32.1. The molecule has 0 radical (unpaired) electrons. The van der Waals surface area contributed by atoms with Crippen LogP contribution in [0.25, 0.3) is 11.4 Å². The molecule has 0 bridgehead atoms. The number of nitrogens with zero attached hydrogens (tertiary/aromatic N) is 2. The number of H-pyrrole nitrogens is 1. The highest BCUT2D eigenvalue weighted by molar-refractivity contribution is 7.71. The minimum absolute atomic E-state index is 0.0280. The summed E-state index contributed by atoms with van der Waals surface area (Å²) in [4.78, 5) is 24.4. The molecule has 30 heavy (non-hydrogen) atoms. The lowest BCUT2D eigenvalue weighted by Gasteiger charge is -2.10. The lowest BCUT2D eigenvalue weighted by molar-refractivity contribution is -0.117. The van der Waals surface area contributed by atoms with Crippen molar-refractivity contribution in [2.24, 2.45) is 5.92 Å². The Morgan fingerprint density at radius 2 is 1.57 bits per heavy atom. The van der Waals surface area contributed by atoms with Gasteiger partial charge >= 0.3 is 0 Å². The maximum atomic E-state index is 12.6. The van der Waals surface area contributed by atoms with E-state index in [1.54, 1.807) is 28.8 Å². The van der Waals surface area contributed by atoms with Gasteiger partial charge in [-0.15, -0.1) is 0 Å². The molecule has 0 saturated carbocycles. The van der Waals surface area contributed by atoms with Gasteiger partial charge in [0, 0.05) is 23.4 Å². The maximum Gasteiger partial charge on any atom is 0.244 e. The molecule has 3 rings (SSSR count). The van der Waals surface area contributed by atoms with E-state index < -0.39 is 0 Å². The van der Waals surface area contributed by atoms with Crippen molar-refractivity contribution in [1.29, 1.82) is 0 Å². The predicted molar refractivity (Wildman–Crippen MR) is 121 cm³/mol. The molecule has 8 heteroatoms. The Morgan fingerprint density at radius 1 is 1.00 bits per heavy atom. The van der Waals surface area contributed by atoms with Crippen LogP contribution in [-0.4, -0.2) is 26.6 Å². The molecule has 0 fully saturated rings. The van der Waals surface area contributed by atoms with Crippen LogP contribution in [0.4, 0.5) is 11.4 Å². The first-order valence-electron chi connectivity index (χ1n) is 9.74. The summed E-state index contributed by atoms with van der Waals surface area (Å²) in [5, 5.41) is 12.7. The molecule has 0 atom stereocenters. The van der Waals surface area contributed by atoms with Gasteiger partial charge in [-0.2, -0.15) is 5.10 Å². The highest BCUT2D eigenvalue weighted by Crippen LogP contribution is 2.19. The Kier molecular flexibility index (Phi) is 6.79. The van der Waals surface area contributed by atoms with Gasteiger partial charge < -0.3 is 10.6 Å². The minimum atomic E-state index is -0.225. The fourth-order valence-electron chi connectivity index (χ4n) is 2.95. The van der Waals surface area contributed by atoms with Gasteiger partial charge in [0.15, 0.2) is 10.6 Å². The first-order chi connectivity index (χ1) is 14.3. The molecule has 2 amide bonds. The van der Waals surface area contributed by atoms with Crippen molar-refractivity contribution in [2.75, 3.05) is 10.6 Å². The zero-order valence-corrected chi connectivity index (χ0v) is 18.0. The number of rotatable bonds is 7. The smallest absolute Gasteiger partial charge is 0.244 e. The second-order valence-corrected chi connectivity index (χ2v) is 7.96. The standard InChI is InChI=1S/C22H25N5O2S/c1-14(2)12-19(28)23-17-8-10-18(11-9-17)24-20(29)13-27-21(25-26-22(27)30)16-6-4-15(3)5-7-16/h4-11,14H,12-13H2,1-3H3,(H,23,28)(H,24,29)(H,26,30). The SMILES string of the molecule is Cc1ccc(-c2n[nH]c(=S)n2CC(=O)Nc2ccc(NC(=O)CC(C)C)cc2)cc1. The van der Waals surface area contributed by atoms with Gasteiger partial charge in [-0.3, -0.25) is 19.3 Å². The molecule has 3 aromatic rings. The number of benzene rings is 2. The van der Waals surface area contributed by atoms with Gasteiger partial charge in [-0.25, -0.2) is 0 Å². The van der Waals surface area contributed by atoms with E-state index in [2.05, 4.69) is 20.8 Å². The van der Waals surface area contributed by atoms with Crippen LogP contribution in [0.5, 0.6) is 0 Å². The molecule has 1 aromatic heterocycles. The van der Waals surface area contributed by atoms with Crippen LogP contribution in [0.15, 0.2) is 48.5 Å². The van der Waals surface area contributed by atoms with Gasteiger partial charge in [0.2, 0.25) is 11.8 Å². The maximum absolute atomic E-state index is 12.6. The number of aryl methyl sites for hydroxylation is 1. The third-order valence-corrected chi connectivity index (χ3v) is 4.73. The molecule has 156 valence electrons. The van der Waals surface area contributed by atoms with Gasteiger partial charge in [0.05, 0.1) is 0 Å². The third kappa shape index (κ3) is 5.64. The monoisotopic (exact) mass is 423 g/mol. The Bertz CT molecular complexity index is 1080.